The number of aryl methyl sites for hydroxylation is 1. The van der Waals surface area contributed by atoms with Gasteiger partial charge < -0.3 is 5.73 Å². The monoisotopic (exact) mass is 298 g/mol. The van der Waals surface area contributed by atoms with Crippen LogP contribution in [0.1, 0.15) is 22.9 Å². The number of benzene rings is 2. The van der Waals surface area contributed by atoms with Crippen molar-refractivity contribution in [1.29, 1.82) is 0 Å². The van der Waals surface area contributed by atoms with Gasteiger partial charge in [0, 0.05) is 5.02 Å². The van der Waals surface area contributed by atoms with Crippen LogP contribution in [0.4, 0.5) is 0 Å². The molecule has 0 aliphatic rings. The van der Waals surface area contributed by atoms with Crippen molar-refractivity contribution in [2.75, 3.05) is 0 Å². The van der Waals surface area contributed by atoms with Gasteiger partial charge in [-0.2, -0.15) is 0 Å². The van der Waals surface area contributed by atoms with Crippen molar-refractivity contribution >= 4 is 11.6 Å². The highest BCUT2D eigenvalue weighted by Crippen LogP contribution is 2.29. The number of hydrogen-bond donors (Lipinski definition) is 1. The summed E-state index contributed by atoms with van der Waals surface area (Å²) < 4.78 is 1.74. The summed E-state index contributed by atoms with van der Waals surface area (Å²) in [5, 5.41) is 8.80. The number of halogens is 1. The van der Waals surface area contributed by atoms with Crippen LogP contribution in [-0.2, 0) is 0 Å². The van der Waals surface area contributed by atoms with Gasteiger partial charge in [-0.05, 0) is 30.2 Å². The Hall–Kier alpha value is -2.17. The van der Waals surface area contributed by atoms with E-state index >= 15 is 0 Å². The normalized spacial score (nSPS) is 12.3. The van der Waals surface area contributed by atoms with Gasteiger partial charge >= 0.3 is 0 Å². The molecule has 1 heterocycles. The maximum absolute atomic E-state index is 6.38. The first-order chi connectivity index (χ1) is 10.2. The first kappa shape index (κ1) is 13.8. The fourth-order valence-electron chi connectivity index (χ4n) is 2.29. The van der Waals surface area contributed by atoms with Crippen molar-refractivity contribution in [1.82, 2.24) is 15.0 Å². The van der Waals surface area contributed by atoms with Gasteiger partial charge in [0.1, 0.15) is 0 Å². The molecule has 0 aliphatic heterocycles. The predicted molar refractivity (Wildman–Crippen MR) is 83.6 cm³/mol. The highest BCUT2D eigenvalue weighted by Gasteiger charge is 2.19. The van der Waals surface area contributed by atoms with E-state index in [-0.39, 0.29) is 6.04 Å². The first-order valence-electron chi connectivity index (χ1n) is 6.65. The Labute approximate surface area is 128 Å². The molecule has 21 heavy (non-hydrogen) atoms. The van der Waals surface area contributed by atoms with E-state index in [2.05, 4.69) is 10.3 Å². The minimum absolute atomic E-state index is 0.382. The zero-order valence-corrected chi connectivity index (χ0v) is 12.3. The Morgan fingerprint density at radius 3 is 2.62 bits per heavy atom. The molecular weight excluding hydrogens is 284 g/mol. The van der Waals surface area contributed by atoms with Crippen LogP contribution >= 0.6 is 11.6 Å². The largest absolute Gasteiger partial charge is 0.319 e. The van der Waals surface area contributed by atoms with Crippen molar-refractivity contribution in [3.8, 4) is 5.69 Å². The molecule has 5 heteroatoms. The first-order valence-corrected chi connectivity index (χ1v) is 7.03. The Kier molecular flexibility index (Phi) is 3.73. The number of nitrogens with two attached hydrogens (primary N) is 1. The topological polar surface area (TPSA) is 56.7 Å². The van der Waals surface area contributed by atoms with Gasteiger partial charge in [-0.1, -0.05) is 53.2 Å². The van der Waals surface area contributed by atoms with E-state index in [1.165, 1.54) is 0 Å². The van der Waals surface area contributed by atoms with E-state index in [4.69, 9.17) is 17.3 Å². The Morgan fingerprint density at radius 2 is 1.86 bits per heavy atom. The molecule has 1 atom stereocenters. The van der Waals surface area contributed by atoms with Crippen molar-refractivity contribution < 1.29 is 0 Å². The molecule has 0 bridgehead atoms. The molecule has 106 valence electrons. The van der Waals surface area contributed by atoms with Crippen LogP contribution in [0.5, 0.6) is 0 Å². The number of nitrogens with zero attached hydrogens (tertiary/aromatic N) is 3. The van der Waals surface area contributed by atoms with E-state index in [1.54, 1.807) is 10.9 Å². The molecule has 2 N–H and O–H groups in total. The van der Waals surface area contributed by atoms with Crippen molar-refractivity contribution in [3.05, 3.63) is 76.6 Å². The number of rotatable bonds is 3. The minimum Gasteiger partial charge on any atom is -0.319 e. The SMILES string of the molecule is Cc1cccc(C(N)c2cnnn2-c2ccccc2)c1Cl. The van der Waals surface area contributed by atoms with Gasteiger partial charge in [0.2, 0.25) is 0 Å². The number of para-hydroxylation sites is 1. The average molecular weight is 299 g/mol. The van der Waals surface area contributed by atoms with Crippen LogP contribution < -0.4 is 5.73 Å². The summed E-state index contributed by atoms with van der Waals surface area (Å²) in [6.45, 7) is 1.96. The van der Waals surface area contributed by atoms with Gasteiger partial charge in [-0.15, -0.1) is 5.10 Å². The summed E-state index contributed by atoms with van der Waals surface area (Å²) in [4.78, 5) is 0. The van der Waals surface area contributed by atoms with Gasteiger partial charge in [-0.25, -0.2) is 4.68 Å². The van der Waals surface area contributed by atoms with Crippen LogP contribution in [0.2, 0.25) is 5.02 Å². The summed E-state index contributed by atoms with van der Waals surface area (Å²) in [7, 11) is 0. The highest BCUT2D eigenvalue weighted by molar-refractivity contribution is 6.32. The lowest BCUT2D eigenvalue weighted by Crippen LogP contribution is -2.17. The average Bonchev–Trinajstić information content (AvgIpc) is 3.00. The van der Waals surface area contributed by atoms with Crippen molar-refractivity contribution in [2.45, 2.75) is 13.0 Å². The van der Waals surface area contributed by atoms with E-state index in [0.29, 0.717) is 5.02 Å². The molecule has 1 aromatic heterocycles. The third kappa shape index (κ3) is 2.55. The van der Waals surface area contributed by atoms with Gasteiger partial charge in [0.15, 0.2) is 0 Å². The standard InChI is InChI=1S/C16H15ClN4/c1-11-6-5-9-13(15(11)17)16(18)14-10-19-20-21(14)12-7-3-2-4-8-12/h2-10,16H,18H2,1H3. The fourth-order valence-corrected chi connectivity index (χ4v) is 2.54. The summed E-state index contributed by atoms with van der Waals surface area (Å²) >= 11 is 6.37. The van der Waals surface area contributed by atoms with E-state index in [0.717, 1.165) is 22.5 Å². The van der Waals surface area contributed by atoms with E-state index in [1.807, 2.05) is 55.5 Å². The molecule has 0 saturated heterocycles. The molecule has 3 rings (SSSR count). The van der Waals surface area contributed by atoms with Crippen molar-refractivity contribution in [2.24, 2.45) is 5.73 Å². The summed E-state index contributed by atoms with van der Waals surface area (Å²) in [5.41, 5.74) is 9.98. The van der Waals surface area contributed by atoms with Crippen molar-refractivity contribution in [3.63, 3.8) is 0 Å². The predicted octanol–water partition coefficient (Wildman–Crippen LogP) is 3.28. The molecule has 2 aromatic carbocycles. The van der Waals surface area contributed by atoms with Gasteiger partial charge in [-0.3, -0.25) is 0 Å². The molecule has 0 amide bonds. The number of aromatic nitrogens is 3. The van der Waals surface area contributed by atoms with Crippen LogP contribution in [-0.4, -0.2) is 15.0 Å². The lowest BCUT2D eigenvalue weighted by molar-refractivity contribution is 0.719. The molecule has 0 fully saturated rings. The summed E-state index contributed by atoms with van der Waals surface area (Å²) in [6.07, 6.45) is 1.68. The molecule has 0 radical (unpaired) electrons. The lowest BCUT2D eigenvalue weighted by Gasteiger charge is -2.16. The molecule has 0 saturated carbocycles. The summed E-state index contributed by atoms with van der Waals surface area (Å²) in [5.74, 6) is 0. The maximum Gasteiger partial charge on any atom is 0.0858 e. The van der Waals surface area contributed by atoms with Crippen LogP contribution in [0.25, 0.3) is 5.69 Å². The lowest BCUT2D eigenvalue weighted by atomic mass is 10.0. The van der Waals surface area contributed by atoms with Gasteiger partial charge in [0.25, 0.3) is 0 Å². The van der Waals surface area contributed by atoms with Crippen LogP contribution in [0, 0.1) is 6.92 Å². The minimum atomic E-state index is -0.382. The second kappa shape index (κ2) is 5.68. The molecular formula is C16H15ClN4. The number of hydrogen-bond acceptors (Lipinski definition) is 3. The zero-order valence-electron chi connectivity index (χ0n) is 11.6. The molecule has 0 spiro atoms. The smallest absolute Gasteiger partial charge is 0.0858 e. The zero-order chi connectivity index (χ0) is 14.8. The third-order valence-corrected chi connectivity index (χ3v) is 3.97. The Balaban J connectivity index is 2.06. The van der Waals surface area contributed by atoms with Crippen LogP contribution in [0.3, 0.4) is 0 Å². The van der Waals surface area contributed by atoms with E-state index in [9.17, 15) is 0 Å². The molecule has 3 aromatic rings. The summed E-state index contributed by atoms with van der Waals surface area (Å²) in [6, 6.07) is 15.2. The third-order valence-electron chi connectivity index (χ3n) is 3.45. The second-order valence-corrected chi connectivity index (χ2v) is 5.24. The quantitative estimate of drug-likeness (QED) is 0.807. The fraction of sp³-hybridized carbons (Fsp3) is 0.125. The van der Waals surface area contributed by atoms with Gasteiger partial charge in [0.05, 0.1) is 23.6 Å². The molecule has 0 aliphatic carbocycles. The second-order valence-electron chi connectivity index (χ2n) is 4.86. The van der Waals surface area contributed by atoms with E-state index < -0.39 is 0 Å². The Bertz CT molecular complexity index is 752. The highest BCUT2D eigenvalue weighted by atomic mass is 35.5. The Morgan fingerprint density at radius 1 is 1.10 bits per heavy atom. The van der Waals surface area contributed by atoms with Crippen LogP contribution in [0.15, 0.2) is 54.7 Å². The molecule has 4 nitrogen and oxygen atoms in total. The maximum atomic E-state index is 6.38. The molecule has 1 unspecified atom stereocenters.